The quantitative estimate of drug-likeness (QED) is 0.410. The van der Waals surface area contributed by atoms with Crippen molar-refractivity contribution in [2.75, 3.05) is 20.3 Å². The highest BCUT2D eigenvalue weighted by molar-refractivity contribution is 6.46. The summed E-state index contributed by atoms with van der Waals surface area (Å²) >= 11 is 0. The predicted molar refractivity (Wildman–Crippen MR) is 119 cm³/mol. The molecule has 0 saturated carbocycles. The van der Waals surface area contributed by atoms with E-state index < -0.39 is 17.7 Å². The number of hydrogen-bond donors (Lipinski definition) is 1. The topological polar surface area (TPSA) is 89.2 Å². The summed E-state index contributed by atoms with van der Waals surface area (Å²) in [6, 6.07) is 6.29. The van der Waals surface area contributed by atoms with E-state index in [1.807, 2.05) is 32.9 Å². The summed E-state index contributed by atoms with van der Waals surface area (Å²) in [6.07, 6.45) is 3.10. The van der Waals surface area contributed by atoms with Gasteiger partial charge >= 0.3 is 0 Å². The first-order valence-corrected chi connectivity index (χ1v) is 11.0. The fourth-order valence-electron chi connectivity index (χ4n) is 4.55. The monoisotopic (exact) mass is 439 g/mol. The van der Waals surface area contributed by atoms with E-state index in [4.69, 9.17) is 13.9 Å². The normalized spacial score (nSPS) is 22.8. The van der Waals surface area contributed by atoms with E-state index in [1.165, 1.54) is 11.2 Å². The van der Waals surface area contributed by atoms with Crippen molar-refractivity contribution in [2.24, 2.45) is 0 Å². The number of aryl methyl sites for hydroxylation is 1. The molecular formula is C25H29NO6. The summed E-state index contributed by atoms with van der Waals surface area (Å²) in [5, 5.41) is 11.4. The van der Waals surface area contributed by atoms with E-state index in [9.17, 15) is 14.7 Å². The van der Waals surface area contributed by atoms with Crippen molar-refractivity contribution in [1.29, 1.82) is 0 Å². The Hall–Kier alpha value is -3.06. The lowest BCUT2D eigenvalue weighted by atomic mass is 9.92. The van der Waals surface area contributed by atoms with Gasteiger partial charge in [0, 0.05) is 18.7 Å². The van der Waals surface area contributed by atoms with Crippen molar-refractivity contribution in [3.05, 3.63) is 58.6 Å². The minimum absolute atomic E-state index is 0.0333. The van der Waals surface area contributed by atoms with Crippen LogP contribution in [0.25, 0.3) is 5.76 Å². The number of Topliss-reactive ketones (excluding diaryl/α,β-unsaturated/α-hetero) is 1. The summed E-state index contributed by atoms with van der Waals surface area (Å²) in [6.45, 7) is 6.81. The van der Waals surface area contributed by atoms with Crippen LogP contribution in [-0.2, 0) is 14.3 Å². The number of ketones is 1. The number of ether oxygens (including phenoxy) is 2. The van der Waals surface area contributed by atoms with Crippen LogP contribution in [0.2, 0.25) is 0 Å². The average Bonchev–Trinajstić information content (AvgIpc) is 3.52. The molecule has 7 heteroatoms. The van der Waals surface area contributed by atoms with Crippen LogP contribution >= 0.6 is 0 Å². The number of benzene rings is 1. The molecule has 1 aromatic heterocycles. The molecule has 3 heterocycles. The number of furan rings is 1. The second-order valence-electron chi connectivity index (χ2n) is 8.67. The van der Waals surface area contributed by atoms with Crippen molar-refractivity contribution in [2.45, 2.75) is 51.7 Å². The first kappa shape index (κ1) is 22.1. The largest absolute Gasteiger partial charge is 0.507 e. The van der Waals surface area contributed by atoms with Gasteiger partial charge in [-0.15, -0.1) is 0 Å². The van der Waals surface area contributed by atoms with Crippen LogP contribution < -0.4 is 4.74 Å². The molecule has 1 N–H and O–H groups in total. The number of amides is 1. The van der Waals surface area contributed by atoms with Crippen LogP contribution in [0.1, 0.15) is 61.1 Å². The van der Waals surface area contributed by atoms with Gasteiger partial charge < -0.3 is 23.9 Å². The molecule has 4 rings (SSSR count). The fraction of sp³-hybridized carbons (Fsp3) is 0.440. The van der Waals surface area contributed by atoms with Gasteiger partial charge in [0.2, 0.25) is 0 Å². The molecular weight excluding hydrogens is 410 g/mol. The highest BCUT2D eigenvalue weighted by Crippen LogP contribution is 2.42. The van der Waals surface area contributed by atoms with Crippen LogP contribution in [0.15, 0.2) is 40.5 Å². The molecule has 2 atom stereocenters. The van der Waals surface area contributed by atoms with E-state index in [0.29, 0.717) is 17.9 Å². The fourth-order valence-corrected chi connectivity index (χ4v) is 4.55. The molecule has 1 amide bonds. The third-order valence-corrected chi connectivity index (χ3v) is 6.23. The van der Waals surface area contributed by atoms with Crippen LogP contribution in [0.5, 0.6) is 5.75 Å². The molecule has 32 heavy (non-hydrogen) atoms. The lowest BCUT2D eigenvalue weighted by Gasteiger charge is -2.26. The van der Waals surface area contributed by atoms with E-state index in [-0.39, 0.29) is 29.9 Å². The van der Waals surface area contributed by atoms with Crippen LogP contribution in [-0.4, -0.2) is 48.1 Å². The Morgan fingerprint density at radius 1 is 1.31 bits per heavy atom. The van der Waals surface area contributed by atoms with Gasteiger partial charge in [0.05, 0.1) is 25.1 Å². The molecule has 2 saturated heterocycles. The maximum Gasteiger partial charge on any atom is 0.295 e. The van der Waals surface area contributed by atoms with Gasteiger partial charge in [0.1, 0.15) is 23.3 Å². The van der Waals surface area contributed by atoms with Gasteiger partial charge in [0.15, 0.2) is 0 Å². The number of carbonyl (C=O) groups excluding carboxylic acids is 2. The van der Waals surface area contributed by atoms with Gasteiger partial charge in [-0.1, -0.05) is 13.8 Å². The number of nitrogens with zero attached hydrogens (tertiary/aromatic N) is 1. The van der Waals surface area contributed by atoms with E-state index >= 15 is 0 Å². The highest BCUT2D eigenvalue weighted by atomic mass is 16.5. The lowest BCUT2D eigenvalue weighted by molar-refractivity contribution is -0.141. The second-order valence-corrected chi connectivity index (χ2v) is 8.67. The van der Waals surface area contributed by atoms with Crippen molar-refractivity contribution < 1.29 is 28.6 Å². The Morgan fingerprint density at radius 2 is 2.09 bits per heavy atom. The summed E-state index contributed by atoms with van der Waals surface area (Å²) in [5.41, 5.74) is 2.18. The molecule has 2 fully saturated rings. The molecule has 7 nitrogen and oxygen atoms in total. The Kier molecular flexibility index (Phi) is 6.11. The Bertz CT molecular complexity index is 1050. The molecule has 170 valence electrons. The lowest BCUT2D eigenvalue weighted by Crippen LogP contribution is -2.36. The SMILES string of the molecule is COc1cc(C)c(/C(O)=C2\C(=O)C(=O)N(CC3CCCO3)C2c2ccco2)cc1C(C)C. The minimum atomic E-state index is -0.807. The first-order chi connectivity index (χ1) is 15.3. The zero-order valence-corrected chi connectivity index (χ0v) is 18.9. The maximum atomic E-state index is 13.1. The first-order valence-electron chi connectivity index (χ1n) is 11.0. The van der Waals surface area contributed by atoms with Crippen molar-refractivity contribution in [3.63, 3.8) is 0 Å². The average molecular weight is 440 g/mol. The van der Waals surface area contributed by atoms with Crippen LogP contribution in [0, 0.1) is 6.92 Å². The predicted octanol–water partition coefficient (Wildman–Crippen LogP) is 4.32. The van der Waals surface area contributed by atoms with E-state index in [2.05, 4.69) is 0 Å². The molecule has 2 unspecified atom stereocenters. The summed E-state index contributed by atoms with van der Waals surface area (Å²) in [4.78, 5) is 27.6. The molecule has 0 aliphatic carbocycles. The molecule has 0 radical (unpaired) electrons. The number of aliphatic hydroxyl groups is 1. The van der Waals surface area contributed by atoms with Crippen molar-refractivity contribution >= 4 is 17.4 Å². The number of carbonyl (C=O) groups is 2. The van der Waals surface area contributed by atoms with E-state index in [0.717, 1.165) is 29.7 Å². The van der Waals surface area contributed by atoms with Gasteiger partial charge in [-0.25, -0.2) is 0 Å². The van der Waals surface area contributed by atoms with E-state index in [1.54, 1.807) is 19.2 Å². The van der Waals surface area contributed by atoms with Gasteiger partial charge in [-0.2, -0.15) is 0 Å². The third kappa shape index (κ3) is 3.81. The molecule has 1 aromatic carbocycles. The molecule has 2 aromatic rings. The number of rotatable bonds is 6. The van der Waals surface area contributed by atoms with Crippen molar-refractivity contribution in [3.8, 4) is 5.75 Å². The van der Waals surface area contributed by atoms with Crippen LogP contribution in [0.4, 0.5) is 0 Å². The third-order valence-electron chi connectivity index (χ3n) is 6.23. The second kappa shape index (κ2) is 8.82. The zero-order chi connectivity index (χ0) is 23.0. The van der Waals surface area contributed by atoms with Gasteiger partial charge in [-0.3, -0.25) is 9.59 Å². The standard InChI is InChI=1S/C25H29NO6/c1-14(2)17-12-18(15(3)11-20(17)30-4)23(27)21-22(19-8-6-10-32-19)26(25(29)24(21)28)13-16-7-5-9-31-16/h6,8,10-12,14,16,22,27H,5,7,9,13H2,1-4H3/b23-21+. The summed E-state index contributed by atoms with van der Waals surface area (Å²) in [5.74, 6) is -0.294. The number of methoxy groups -OCH3 is 1. The smallest absolute Gasteiger partial charge is 0.295 e. The zero-order valence-electron chi connectivity index (χ0n) is 18.9. The Morgan fingerprint density at radius 3 is 2.69 bits per heavy atom. The maximum absolute atomic E-state index is 13.1. The number of hydrogen-bond acceptors (Lipinski definition) is 6. The molecule has 0 bridgehead atoms. The van der Waals surface area contributed by atoms with Gasteiger partial charge in [0.25, 0.3) is 11.7 Å². The summed E-state index contributed by atoms with van der Waals surface area (Å²) in [7, 11) is 1.60. The Balaban J connectivity index is 1.85. The van der Waals surface area contributed by atoms with Crippen LogP contribution in [0.3, 0.4) is 0 Å². The highest BCUT2D eigenvalue weighted by Gasteiger charge is 2.48. The number of aliphatic hydroxyl groups excluding tert-OH is 1. The minimum Gasteiger partial charge on any atom is -0.507 e. The Labute approximate surface area is 187 Å². The molecule has 0 spiro atoms. The van der Waals surface area contributed by atoms with Crippen molar-refractivity contribution in [1.82, 2.24) is 4.90 Å². The number of likely N-dealkylation sites (tertiary alicyclic amines) is 1. The molecule has 2 aliphatic heterocycles. The molecule has 2 aliphatic rings. The summed E-state index contributed by atoms with van der Waals surface area (Å²) < 4.78 is 16.8. The van der Waals surface area contributed by atoms with Gasteiger partial charge in [-0.05, 0) is 61.1 Å².